The van der Waals surface area contributed by atoms with Gasteiger partial charge in [0.25, 0.3) is 5.56 Å². The highest BCUT2D eigenvalue weighted by molar-refractivity contribution is 7.18. The van der Waals surface area contributed by atoms with E-state index in [1.807, 2.05) is 25.4 Å². The first kappa shape index (κ1) is 15.5. The van der Waals surface area contributed by atoms with Crippen molar-refractivity contribution >= 4 is 38.7 Å². The molecule has 0 saturated heterocycles. The molecule has 6 heteroatoms. The van der Waals surface area contributed by atoms with Gasteiger partial charge in [-0.1, -0.05) is 18.2 Å². The summed E-state index contributed by atoms with van der Waals surface area (Å²) in [4.78, 5) is 19.6. The molecule has 0 aliphatic heterocycles. The lowest BCUT2D eigenvalue weighted by atomic mass is 9.97. The van der Waals surface area contributed by atoms with E-state index in [-0.39, 0.29) is 5.56 Å². The summed E-state index contributed by atoms with van der Waals surface area (Å²) in [5, 5.41) is 6.31. The van der Waals surface area contributed by atoms with Gasteiger partial charge in [0.1, 0.15) is 11.2 Å². The van der Waals surface area contributed by atoms with Gasteiger partial charge in [-0.15, -0.1) is 11.3 Å². The normalized spacial score (nSPS) is 14.5. The van der Waals surface area contributed by atoms with Gasteiger partial charge in [0.2, 0.25) is 0 Å². The summed E-state index contributed by atoms with van der Waals surface area (Å²) in [5.74, 6) is 0. The molecule has 0 amide bonds. The van der Waals surface area contributed by atoms with E-state index in [0.717, 1.165) is 45.9 Å². The highest BCUT2D eigenvalue weighted by Gasteiger charge is 2.19. The van der Waals surface area contributed by atoms with Gasteiger partial charge in [-0.2, -0.15) is 9.78 Å². The minimum absolute atomic E-state index is 0.0640. The van der Waals surface area contributed by atoms with Crippen LogP contribution in [0.15, 0.2) is 46.7 Å². The van der Waals surface area contributed by atoms with Gasteiger partial charge in [0.05, 0.1) is 11.6 Å². The Bertz CT molecular complexity index is 1230. The van der Waals surface area contributed by atoms with Crippen LogP contribution in [0.1, 0.15) is 28.8 Å². The molecule has 5 nitrogen and oxygen atoms in total. The van der Waals surface area contributed by atoms with Crippen molar-refractivity contribution < 1.29 is 0 Å². The number of aromatic nitrogens is 3. The molecule has 0 unspecified atom stereocenters. The van der Waals surface area contributed by atoms with Gasteiger partial charge in [-0.05, 0) is 37.3 Å². The number of hydrogen-bond acceptors (Lipinski definition) is 4. The molecule has 0 bridgehead atoms. The Kier molecular flexibility index (Phi) is 3.53. The van der Waals surface area contributed by atoms with E-state index >= 15 is 0 Å². The second-order valence-electron chi connectivity index (χ2n) is 6.74. The Balaban J connectivity index is 1.62. The third kappa shape index (κ3) is 2.33. The molecule has 130 valence electrons. The van der Waals surface area contributed by atoms with Gasteiger partial charge in [0, 0.05) is 34.6 Å². The van der Waals surface area contributed by atoms with Crippen LogP contribution in [0.25, 0.3) is 21.1 Å². The van der Waals surface area contributed by atoms with E-state index < -0.39 is 0 Å². The van der Waals surface area contributed by atoms with E-state index in [1.165, 1.54) is 27.9 Å². The number of aryl methyl sites for hydroxylation is 3. The van der Waals surface area contributed by atoms with Gasteiger partial charge in [0.15, 0.2) is 0 Å². The standard InChI is InChI=1S/C20H18N4OS/c1-23-11-13(14-6-2-4-8-16(14)23)10-22-24-12-21-19-18(20(24)25)15-7-3-5-9-17(15)26-19/h2,4,6,8,10-12H,3,5,7,9H2,1H3/b22-10-. The lowest BCUT2D eigenvalue weighted by molar-refractivity contribution is 0.699. The van der Waals surface area contributed by atoms with Crippen LogP contribution < -0.4 is 5.56 Å². The first-order valence-electron chi connectivity index (χ1n) is 8.83. The van der Waals surface area contributed by atoms with Gasteiger partial charge in [-0.25, -0.2) is 4.98 Å². The topological polar surface area (TPSA) is 52.2 Å². The Morgan fingerprint density at radius 1 is 1.23 bits per heavy atom. The highest BCUT2D eigenvalue weighted by Crippen LogP contribution is 2.33. The predicted molar refractivity (Wildman–Crippen MR) is 106 cm³/mol. The summed E-state index contributed by atoms with van der Waals surface area (Å²) in [6.07, 6.45) is 9.69. The van der Waals surface area contributed by atoms with E-state index in [0.29, 0.717) is 0 Å². The van der Waals surface area contributed by atoms with Crippen LogP contribution in [0.5, 0.6) is 0 Å². The van der Waals surface area contributed by atoms with E-state index in [2.05, 4.69) is 26.8 Å². The van der Waals surface area contributed by atoms with Crippen molar-refractivity contribution in [2.45, 2.75) is 25.7 Å². The number of thiophene rings is 1. The van der Waals surface area contributed by atoms with Crippen molar-refractivity contribution in [3.05, 3.63) is 63.1 Å². The fourth-order valence-corrected chi connectivity index (χ4v) is 5.04. The second-order valence-corrected chi connectivity index (χ2v) is 7.83. The molecule has 5 rings (SSSR count). The maximum absolute atomic E-state index is 13.0. The molecule has 0 fully saturated rings. The number of fused-ring (bicyclic) bond motifs is 4. The minimum atomic E-state index is -0.0640. The summed E-state index contributed by atoms with van der Waals surface area (Å²) in [6.45, 7) is 0. The van der Waals surface area contributed by atoms with E-state index in [1.54, 1.807) is 17.6 Å². The molecule has 1 aromatic carbocycles. The Labute approximate surface area is 154 Å². The monoisotopic (exact) mass is 362 g/mol. The maximum atomic E-state index is 13.0. The summed E-state index contributed by atoms with van der Waals surface area (Å²) in [6, 6.07) is 8.17. The zero-order valence-corrected chi connectivity index (χ0v) is 15.3. The SMILES string of the molecule is Cn1cc(/C=N\n2cnc3sc4c(c3c2=O)CCCC4)c2ccccc21. The predicted octanol–water partition coefficient (Wildman–Crippen LogP) is 3.71. The number of benzene rings is 1. The van der Waals surface area contributed by atoms with Crippen molar-refractivity contribution in [2.75, 3.05) is 0 Å². The second kappa shape index (κ2) is 5.92. The molecular weight excluding hydrogens is 344 g/mol. The Hall–Kier alpha value is -2.73. The van der Waals surface area contributed by atoms with Gasteiger partial charge in [-0.3, -0.25) is 4.79 Å². The molecule has 0 atom stereocenters. The lowest BCUT2D eigenvalue weighted by Gasteiger charge is -2.09. The summed E-state index contributed by atoms with van der Waals surface area (Å²) >= 11 is 1.66. The summed E-state index contributed by atoms with van der Waals surface area (Å²) in [5.41, 5.74) is 3.26. The molecule has 0 N–H and O–H groups in total. The average molecular weight is 362 g/mol. The average Bonchev–Trinajstić information content (AvgIpc) is 3.20. The Morgan fingerprint density at radius 3 is 3.00 bits per heavy atom. The number of nitrogens with zero attached hydrogens (tertiary/aromatic N) is 4. The van der Waals surface area contributed by atoms with Crippen LogP contribution in [0.2, 0.25) is 0 Å². The quantitative estimate of drug-likeness (QED) is 0.511. The van der Waals surface area contributed by atoms with Crippen molar-refractivity contribution in [1.29, 1.82) is 0 Å². The van der Waals surface area contributed by atoms with Crippen molar-refractivity contribution in [2.24, 2.45) is 12.1 Å². The van der Waals surface area contributed by atoms with Crippen molar-refractivity contribution in [1.82, 2.24) is 14.2 Å². The Morgan fingerprint density at radius 2 is 2.08 bits per heavy atom. The summed E-state index contributed by atoms with van der Waals surface area (Å²) < 4.78 is 3.43. The van der Waals surface area contributed by atoms with E-state index in [4.69, 9.17) is 0 Å². The zero-order chi connectivity index (χ0) is 17.7. The fourth-order valence-electron chi connectivity index (χ4n) is 3.82. The molecule has 26 heavy (non-hydrogen) atoms. The lowest BCUT2D eigenvalue weighted by Crippen LogP contribution is -2.18. The fraction of sp³-hybridized carbons (Fsp3) is 0.250. The maximum Gasteiger partial charge on any atom is 0.282 e. The van der Waals surface area contributed by atoms with Crippen LogP contribution in [-0.4, -0.2) is 20.4 Å². The largest absolute Gasteiger partial charge is 0.350 e. The number of hydrogen-bond donors (Lipinski definition) is 0. The van der Waals surface area contributed by atoms with Crippen LogP contribution >= 0.6 is 11.3 Å². The molecule has 4 aromatic rings. The molecule has 1 aliphatic carbocycles. The zero-order valence-electron chi connectivity index (χ0n) is 14.5. The van der Waals surface area contributed by atoms with Crippen molar-refractivity contribution in [3.63, 3.8) is 0 Å². The van der Waals surface area contributed by atoms with Crippen LogP contribution in [-0.2, 0) is 19.9 Å². The molecule has 3 heterocycles. The molecule has 3 aromatic heterocycles. The van der Waals surface area contributed by atoms with E-state index in [9.17, 15) is 4.79 Å². The molecule has 0 saturated carbocycles. The van der Waals surface area contributed by atoms with Crippen LogP contribution in [0, 0.1) is 0 Å². The third-order valence-corrected chi connectivity index (χ3v) is 6.31. The first-order chi connectivity index (χ1) is 12.7. The highest BCUT2D eigenvalue weighted by atomic mass is 32.1. The van der Waals surface area contributed by atoms with Gasteiger partial charge < -0.3 is 4.57 Å². The van der Waals surface area contributed by atoms with Crippen LogP contribution in [0.3, 0.4) is 0 Å². The number of rotatable bonds is 2. The summed E-state index contributed by atoms with van der Waals surface area (Å²) in [7, 11) is 2.01. The molecule has 1 aliphatic rings. The minimum Gasteiger partial charge on any atom is -0.350 e. The number of para-hydroxylation sites is 1. The third-order valence-electron chi connectivity index (χ3n) is 5.11. The molecule has 0 radical (unpaired) electrons. The van der Waals surface area contributed by atoms with Crippen LogP contribution in [0.4, 0.5) is 0 Å². The molecule has 0 spiro atoms. The molecular formula is C20H18N4OS. The first-order valence-corrected chi connectivity index (χ1v) is 9.64. The van der Waals surface area contributed by atoms with Crippen molar-refractivity contribution in [3.8, 4) is 0 Å². The smallest absolute Gasteiger partial charge is 0.282 e. The van der Waals surface area contributed by atoms with Gasteiger partial charge >= 0.3 is 0 Å².